The lowest BCUT2D eigenvalue weighted by Crippen LogP contribution is -2.49. The summed E-state index contributed by atoms with van der Waals surface area (Å²) in [5.41, 5.74) is 8.28. The van der Waals surface area contributed by atoms with Crippen LogP contribution in [-0.2, 0) is 4.79 Å². The second-order valence-corrected chi connectivity index (χ2v) is 7.73. The van der Waals surface area contributed by atoms with E-state index in [4.69, 9.17) is 4.74 Å². The number of hydrogen-bond acceptors (Lipinski definition) is 5. The monoisotopic (exact) mass is 393 g/mol. The van der Waals surface area contributed by atoms with Crippen LogP contribution in [0.3, 0.4) is 0 Å². The number of amides is 1. The van der Waals surface area contributed by atoms with Crippen LogP contribution in [0.5, 0.6) is 5.75 Å². The second-order valence-electron chi connectivity index (χ2n) is 7.73. The second kappa shape index (κ2) is 8.76. The van der Waals surface area contributed by atoms with Crippen LogP contribution in [0.15, 0.2) is 54.6 Å². The molecule has 2 saturated heterocycles. The van der Waals surface area contributed by atoms with E-state index >= 15 is 0 Å². The van der Waals surface area contributed by atoms with Crippen LogP contribution in [0, 0.1) is 5.92 Å². The Hall–Kier alpha value is -2.70. The molecule has 2 N–H and O–H groups in total. The van der Waals surface area contributed by atoms with Crippen molar-refractivity contribution in [2.75, 3.05) is 20.2 Å². The molecule has 0 radical (unpaired) electrons. The molecule has 2 fully saturated rings. The molecule has 6 heteroatoms. The van der Waals surface area contributed by atoms with Gasteiger partial charge in [-0.15, -0.1) is 0 Å². The number of Topliss-reactive ketones (excluding diaryl/α,β-unsaturated/α-hetero) is 1. The average molecular weight is 393 g/mol. The van der Waals surface area contributed by atoms with E-state index in [0.29, 0.717) is 31.5 Å². The number of hydrazine groups is 1. The molecule has 2 aliphatic heterocycles. The number of ketones is 1. The number of rotatable bonds is 5. The predicted octanol–water partition coefficient (Wildman–Crippen LogP) is 2.72. The van der Waals surface area contributed by atoms with Gasteiger partial charge in [-0.25, -0.2) is 10.9 Å². The van der Waals surface area contributed by atoms with Gasteiger partial charge in [0.15, 0.2) is 5.78 Å². The molecule has 152 valence electrons. The Morgan fingerprint density at radius 1 is 0.966 bits per heavy atom. The van der Waals surface area contributed by atoms with E-state index in [0.717, 1.165) is 12.2 Å². The minimum Gasteiger partial charge on any atom is -0.497 e. The van der Waals surface area contributed by atoms with Crippen LogP contribution >= 0.6 is 0 Å². The van der Waals surface area contributed by atoms with Crippen molar-refractivity contribution >= 4 is 11.7 Å². The number of piperidine rings is 1. The van der Waals surface area contributed by atoms with Gasteiger partial charge in [0, 0.05) is 30.6 Å². The molecule has 2 aromatic rings. The molecule has 6 nitrogen and oxygen atoms in total. The van der Waals surface area contributed by atoms with E-state index in [-0.39, 0.29) is 29.7 Å². The highest BCUT2D eigenvalue weighted by atomic mass is 16.5. The first kappa shape index (κ1) is 19.6. The molecular formula is C23H27N3O3. The van der Waals surface area contributed by atoms with E-state index < -0.39 is 0 Å². The van der Waals surface area contributed by atoms with Crippen LogP contribution in [0.25, 0.3) is 0 Å². The van der Waals surface area contributed by atoms with Crippen LogP contribution in [0.1, 0.15) is 41.2 Å². The number of nitrogens with one attached hydrogen (secondary N) is 2. The molecule has 2 unspecified atom stereocenters. The fourth-order valence-corrected chi connectivity index (χ4v) is 4.20. The van der Waals surface area contributed by atoms with Gasteiger partial charge < -0.3 is 9.64 Å². The summed E-state index contributed by atoms with van der Waals surface area (Å²) in [5.74, 6) is 0.989. The van der Waals surface area contributed by atoms with Gasteiger partial charge in [0.25, 0.3) is 0 Å². The number of carbonyl (C=O) groups excluding carboxylic acids is 2. The van der Waals surface area contributed by atoms with Gasteiger partial charge in [-0.3, -0.25) is 9.59 Å². The smallest absolute Gasteiger partial charge is 0.241 e. The number of nitrogens with zero attached hydrogens (tertiary/aromatic N) is 1. The molecule has 4 rings (SSSR count). The Morgan fingerprint density at radius 2 is 1.66 bits per heavy atom. The third-order valence-electron chi connectivity index (χ3n) is 5.96. The molecule has 1 amide bonds. The standard InChI is InChI=1S/C23H27N3O3/c1-29-19-9-7-17(8-10-19)22(27)18-11-13-26(14-12-18)23(28)21-15-20(24-25-21)16-5-3-2-4-6-16/h2-10,18,20-21,24-25H,11-15H2,1H3. The highest BCUT2D eigenvalue weighted by molar-refractivity contribution is 5.98. The van der Waals surface area contributed by atoms with Gasteiger partial charge in [-0.05, 0) is 49.1 Å². The van der Waals surface area contributed by atoms with Crippen LogP contribution in [0.2, 0.25) is 0 Å². The molecule has 0 saturated carbocycles. The number of hydrogen-bond donors (Lipinski definition) is 2. The summed E-state index contributed by atoms with van der Waals surface area (Å²) in [6, 6.07) is 17.3. The van der Waals surface area contributed by atoms with E-state index in [1.165, 1.54) is 5.56 Å². The summed E-state index contributed by atoms with van der Waals surface area (Å²) in [7, 11) is 1.61. The van der Waals surface area contributed by atoms with Gasteiger partial charge >= 0.3 is 0 Å². The van der Waals surface area contributed by atoms with E-state index in [1.807, 2.05) is 47.4 Å². The van der Waals surface area contributed by atoms with Crippen molar-refractivity contribution in [2.45, 2.75) is 31.3 Å². The molecule has 0 aromatic heterocycles. The maximum Gasteiger partial charge on any atom is 0.241 e. The molecule has 0 spiro atoms. The van der Waals surface area contributed by atoms with Crippen molar-refractivity contribution in [1.29, 1.82) is 0 Å². The van der Waals surface area contributed by atoms with E-state index in [2.05, 4.69) is 23.0 Å². The normalized spacial score (nSPS) is 22.4. The summed E-state index contributed by atoms with van der Waals surface area (Å²) in [6.07, 6.45) is 2.14. The topological polar surface area (TPSA) is 70.7 Å². The zero-order chi connectivity index (χ0) is 20.2. The lowest BCUT2D eigenvalue weighted by molar-refractivity contribution is -0.134. The Kier molecular flexibility index (Phi) is 5.92. The molecule has 2 heterocycles. The molecule has 2 aliphatic rings. The van der Waals surface area contributed by atoms with Crippen LogP contribution in [0.4, 0.5) is 0 Å². The van der Waals surface area contributed by atoms with Gasteiger partial charge in [0.05, 0.1) is 7.11 Å². The lowest BCUT2D eigenvalue weighted by atomic mass is 9.88. The zero-order valence-electron chi connectivity index (χ0n) is 16.6. The average Bonchev–Trinajstić information content (AvgIpc) is 3.29. The Labute approximate surface area is 171 Å². The molecule has 29 heavy (non-hydrogen) atoms. The van der Waals surface area contributed by atoms with Gasteiger partial charge in [-0.2, -0.15) is 0 Å². The number of carbonyl (C=O) groups is 2. The van der Waals surface area contributed by atoms with Crippen molar-refractivity contribution < 1.29 is 14.3 Å². The SMILES string of the molecule is COc1ccc(C(=O)C2CCN(C(=O)C3CC(c4ccccc4)NN3)CC2)cc1. The summed E-state index contributed by atoms with van der Waals surface area (Å²) < 4.78 is 5.15. The number of ether oxygens (including phenoxy) is 1. The number of benzene rings is 2. The molecule has 0 aliphatic carbocycles. The van der Waals surface area contributed by atoms with Gasteiger partial charge in [0.2, 0.25) is 5.91 Å². The van der Waals surface area contributed by atoms with E-state index in [1.54, 1.807) is 7.11 Å². The third-order valence-corrected chi connectivity index (χ3v) is 5.96. The molecule has 2 aromatic carbocycles. The largest absolute Gasteiger partial charge is 0.497 e. The quantitative estimate of drug-likeness (QED) is 0.765. The van der Waals surface area contributed by atoms with Gasteiger partial charge in [-0.1, -0.05) is 30.3 Å². The Bertz CT molecular complexity index is 845. The number of likely N-dealkylation sites (tertiary alicyclic amines) is 1. The molecular weight excluding hydrogens is 366 g/mol. The van der Waals surface area contributed by atoms with Crippen molar-refractivity contribution in [3.05, 3.63) is 65.7 Å². The van der Waals surface area contributed by atoms with Gasteiger partial charge in [0.1, 0.15) is 11.8 Å². The first-order valence-corrected chi connectivity index (χ1v) is 10.2. The van der Waals surface area contributed by atoms with E-state index in [9.17, 15) is 9.59 Å². The van der Waals surface area contributed by atoms with Crippen molar-refractivity contribution in [3.63, 3.8) is 0 Å². The summed E-state index contributed by atoms with van der Waals surface area (Å²) in [6.45, 7) is 1.25. The summed E-state index contributed by atoms with van der Waals surface area (Å²) >= 11 is 0. The maximum atomic E-state index is 12.9. The highest BCUT2D eigenvalue weighted by Crippen LogP contribution is 2.26. The number of methoxy groups -OCH3 is 1. The maximum absolute atomic E-state index is 12.9. The van der Waals surface area contributed by atoms with Crippen LogP contribution in [-0.4, -0.2) is 42.8 Å². The fourth-order valence-electron chi connectivity index (χ4n) is 4.20. The zero-order valence-corrected chi connectivity index (χ0v) is 16.6. The van der Waals surface area contributed by atoms with Crippen molar-refractivity contribution in [3.8, 4) is 5.75 Å². The van der Waals surface area contributed by atoms with Crippen molar-refractivity contribution in [1.82, 2.24) is 15.8 Å². The van der Waals surface area contributed by atoms with Crippen molar-refractivity contribution in [2.24, 2.45) is 5.92 Å². The highest BCUT2D eigenvalue weighted by Gasteiger charge is 2.35. The van der Waals surface area contributed by atoms with Crippen LogP contribution < -0.4 is 15.6 Å². The predicted molar refractivity (Wildman–Crippen MR) is 110 cm³/mol. The minimum atomic E-state index is -0.228. The molecule has 0 bridgehead atoms. The Balaban J connectivity index is 1.30. The first-order valence-electron chi connectivity index (χ1n) is 10.2. The Morgan fingerprint density at radius 3 is 2.31 bits per heavy atom. The lowest BCUT2D eigenvalue weighted by Gasteiger charge is -2.33. The third kappa shape index (κ3) is 4.33. The summed E-state index contributed by atoms with van der Waals surface area (Å²) in [4.78, 5) is 27.6. The molecule has 2 atom stereocenters. The first-order chi connectivity index (χ1) is 14.2. The fraction of sp³-hybridized carbons (Fsp3) is 0.391. The summed E-state index contributed by atoms with van der Waals surface area (Å²) in [5, 5.41) is 0. The minimum absolute atomic E-state index is 0.0285.